The molecule has 0 aliphatic rings. The third-order valence-corrected chi connectivity index (χ3v) is 8.20. The van der Waals surface area contributed by atoms with Crippen molar-refractivity contribution in [2.45, 2.75) is 51.9 Å². The quantitative estimate of drug-likeness (QED) is 0.717. The number of hydrogen-bond donors (Lipinski definition) is 0. The summed E-state index contributed by atoms with van der Waals surface area (Å²) in [7, 11) is -0.0344. The maximum Gasteiger partial charge on any atom is 0.393 e. The van der Waals surface area contributed by atoms with E-state index in [-0.39, 0.29) is 6.04 Å². The Morgan fingerprint density at radius 2 is 1.24 bits per heavy atom. The lowest BCUT2D eigenvalue weighted by Crippen LogP contribution is -2.53. The van der Waals surface area contributed by atoms with Gasteiger partial charge >= 0.3 is 14.7 Å². The molecule has 104 valence electrons. The smallest absolute Gasteiger partial charge is 0.393 e. The molecular weight excluding hydrogens is 249 g/mol. The van der Waals surface area contributed by atoms with Crippen LogP contribution in [0.25, 0.3) is 0 Å². The summed E-state index contributed by atoms with van der Waals surface area (Å²) in [4.78, 5) is 0. The predicted molar refractivity (Wildman–Crippen MR) is 64.1 cm³/mol. The van der Waals surface area contributed by atoms with Gasteiger partial charge < -0.3 is 8.85 Å². The van der Waals surface area contributed by atoms with Crippen molar-refractivity contribution in [3.05, 3.63) is 0 Å². The molecule has 0 atom stereocenters. The minimum absolute atomic E-state index is 0.111. The summed E-state index contributed by atoms with van der Waals surface area (Å²) in [6, 6.07) is -0.111. The molecule has 0 unspecified atom stereocenters. The van der Waals surface area contributed by atoms with E-state index in [2.05, 4.69) is 0 Å². The van der Waals surface area contributed by atoms with E-state index in [4.69, 9.17) is 8.85 Å². The van der Waals surface area contributed by atoms with Crippen LogP contribution in [-0.2, 0) is 8.85 Å². The molecule has 0 spiro atoms. The molecule has 0 heterocycles. The van der Waals surface area contributed by atoms with Crippen LogP contribution in [0.15, 0.2) is 0 Å². The van der Waals surface area contributed by atoms with Crippen molar-refractivity contribution in [1.29, 1.82) is 0 Å². The van der Waals surface area contributed by atoms with Crippen molar-refractivity contribution in [2.24, 2.45) is 5.41 Å². The number of alkyl halides is 3. The van der Waals surface area contributed by atoms with Gasteiger partial charge in [-0.2, -0.15) is 13.2 Å². The molecule has 0 aromatic rings. The standard InChI is InChI=1S/C11H23F3O2Si/c1-9(2,3)17(15-6,16-7)8-10(4,5)11(12,13)14/h8H2,1-7H3. The molecule has 0 aliphatic carbocycles. The summed E-state index contributed by atoms with van der Waals surface area (Å²) in [5, 5.41) is -0.418. The van der Waals surface area contributed by atoms with Crippen molar-refractivity contribution >= 4 is 8.56 Å². The van der Waals surface area contributed by atoms with E-state index in [0.29, 0.717) is 0 Å². The highest BCUT2D eigenvalue weighted by molar-refractivity contribution is 6.70. The van der Waals surface area contributed by atoms with Crippen LogP contribution in [0, 0.1) is 5.41 Å². The van der Waals surface area contributed by atoms with Crippen molar-refractivity contribution in [3.8, 4) is 0 Å². The first-order valence-corrected chi connectivity index (χ1v) is 7.52. The Morgan fingerprint density at radius 1 is 0.882 bits per heavy atom. The molecule has 0 aliphatic heterocycles. The molecule has 0 saturated heterocycles. The van der Waals surface area contributed by atoms with Gasteiger partial charge in [-0.25, -0.2) is 0 Å². The van der Waals surface area contributed by atoms with Crippen LogP contribution in [-0.4, -0.2) is 29.0 Å². The topological polar surface area (TPSA) is 18.5 Å². The van der Waals surface area contributed by atoms with Crippen LogP contribution >= 0.6 is 0 Å². The van der Waals surface area contributed by atoms with Crippen LogP contribution in [0.5, 0.6) is 0 Å². The second-order valence-electron chi connectivity index (χ2n) is 5.97. The van der Waals surface area contributed by atoms with E-state index < -0.39 is 25.2 Å². The maximum atomic E-state index is 12.9. The van der Waals surface area contributed by atoms with Gasteiger partial charge in [-0.1, -0.05) is 34.6 Å². The lowest BCUT2D eigenvalue weighted by atomic mass is 9.96. The molecule has 17 heavy (non-hydrogen) atoms. The van der Waals surface area contributed by atoms with Gasteiger partial charge in [0.1, 0.15) is 0 Å². The van der Waals surface area contributed by atoms with Crippen LogP contribution in [0.4, 0.5) is 13.2 Å². The first-order valence-electron chi connectivity index (χ1n) is 5.50. The summed E-state index contributed by atoms with van der Waals surface area (Å²) in [5.74, 6) is 0. The third-order valence-electron chi connectivity index (χ3n) is 3.24. The molecule has 0 saturated carbocycles. The number of rotatable bonds is 4. The molecule has 2 nitrogen and oxygen atoms in total. The van der Waals surface area contributed by atoms with Gasteiger partial charge in [0.05, 0.1) is 5.41 Å². The first-order chi connectivity index (χ1) is 7.33. The fraction of sp³-hybridized carbons (Fsp3) is 1.00. The molecule has 0 fully saturated rings. The van der Waals surface area contributed by atoms with Crippen molar-refractivity contribution < 1.29 is 22.0 Å². The molecule has 0 aromatic heterocycles. The minimum atomic E-state index is -4.26. The zero-order valence-corrected chi connectivity index (χ0v) is 12.7. The third kappa shape index (κ3) is 3.45. The molecular formula is C11H23F3O2Si. The summed E-state index contributed by atoms with van der Waals surface area (Å²) in [6.07, 6.45) is -4.26. The molecule has 0 radical (unpaired) electrons. The SMILES string of the molecule is CO[Si](CC(C)(C)C(F)(F)F)(OC)C(C)(C)C. The fourth-order valence-corrected chi connectivity index (χ4v) is 5.36. The molecule has 0 aromatic carbocycles. The summed E-state index contributed by atoms with van der Waals surface area (Å²) >= 11 is 0. The minimum Gasteiger partial charge on any atom is -0.397 e. The average Bonchev–Trinajstić information content (AvgIpc) is 2.10. The normalized spacial score (nSPS) is 15.2. The van der Waals surface area contributed by atoms with Gasteiger partial charge in [-0.05, 0) is 0 Å². The number of hydrogen-bond acceptors (Lipinski definition) is 2. The predicted octanol–water partition coefficient (Wildman–Crippen LogP) is 4.11. The highest BCUT2D eigenvalue weighted by atomic mass is 28.4. The first kappa shape index (κ1) is 16.9. The molecule has 0 amide bonds. The summed E-state index contributed by atoms with van der Waals surface area (Å²) in [6.45, 7) is 7.97. The summed E-state index contributed by atoms with van der Waals surface area (Å²) < 4.78 is 49.6. The lowest BCUT2D eigenvalue weighted by Gasteiger charge is -2.43. The Labute approximate surface area is 103 Å². The Hall–Kier alpha value is -0.0731. The van der Waals surface area contributed by atoms with Gasteiger partial charge in [0, 0.05) is 25.3 Å². The van der Waals surface area contributed by atoms with E-state index in [1.807, 2.05) is 20.8 Å². The molecule has 0 bridgehead atoms. The van der Waals surface area contributed by atoms with Crippen molar-refractivity contribution in [3.63, 3.8) is 0 Å². The van der Waals surface area contributed by atoms with Gasteiger partial charge in [0.2, 0.25) is 0 Å². The van der Waals surface area contributed by atoms with Crippen LogP contribution in [0.3, 0.4) is 0 Å². The van der Waals surface area contributed by atoms with Crippen molar-refractivity contribution in [1.82, 2.24) is 0 Å². The monoisotopic (exact) mass is 272 g/mol. The van der Waals surface area contributed by atoms with E-state index in [9.17, 15) is 13.2 Å². The van der Waals surface area contributed by atoms with Crippen LogP contribution in [0.1, 0.15) is 34.6 Å². The highest BCUT2D eigenvalue weighted by Crippen LogP contribution is 2.50. The Kier molecular flexibility index (Phi) is 4.87. The van der Waals surface area contributed by atoms with Crippen molar-refractivity contribution in [2.75, 3.05) is 14.2 Å². The second-order valence-corrected chi connectivity index (χ2v) is 10.1. The Balaban J connectivity index is 5.29. The Bertz CT molecular complexity index is 252. The maximum absolute atomic E-state index is 12.9. The van der Waals surface area contributed by atoms with Crippen LogP contribution < -0.4 is 0 Å². The van der Waals surface area contributed by atoms with Gasteiger partial charge in [0.25, 0.3) is 0 Å². The second kappa shape index (κ2) is 4.89. The summed E-state index contributed by atoms with van der Waals surface area (Å²) in [5.41, 5.74) is -1.81. The van der Waals surface area contributed by atoms with Gasteiger partial charge in [-0.15, -0.1) is 0 Å². The molecule has 0 N–H and O–H groups in total. The highest BCUT2D eigenvalue weighted by Gasteiger charge is 2.58. The van der Waals surface area contributed by atoms with Gasteiger partial charge in [0.15, 0.2) is 0 Å². The Morgan fingerprint density at radius 3 is 1.41 bits per heavy atom. The lowest BCUT2D eigenvalue weighted by molar-refractivity contribution is -0.206. The van der Waals surface area contributed by atoms with Crippen LogP contribution in [0.2, 0.25) is 11.1 Å². The molecule has 6 heteroatoms. The largest absolute Gasteiger partial charge is 0.397 e. The zero-order chi connectivity index (χ0) is 14.1. The molecule has 0 rings (SSSR count). The van der Waals surface area contributed by atoms with E-state index in [0.717, 1.165) is 0 Å². The number of halogens is 3. The van der Waals surface area contributed by atoms with E-state index >= 15 is 0 Å². The van der Waals surface area contributed by atoms with Gasteiger partial charge in [-0.3, -0.25) is 0 Å². The van der Waals surface area contributed by atoms with E-state index in [1.165, 1.54) is 28.1 Å². The van der Waals surface area contributed by atoms with E-state index in [1.54, 1.807) is 0 Å². The average molecular weight is 272 g/mol. The zero-order valence-electron chi connectivity index (χ0n) is 11.7. The fourth-order valence-electron chi connectivity index (χ4n) is 1.79.